The quantitative estimate of drug-likeness (QED) is 0.816. The number of nitrogens with one attached hydrogen (secondary N) is 2. The number of rotatable bonds is 4. The van der Waals surface area contributed by atoms with Crippen LogP contribution in [-0.2, 0) is 19.1 Å². The Balaban J connectivity index is 1.91. The lowest BCUT2D eigenvalue weighted by Gasteiger charge is -2.16. The Morgan fingerprint density at radius 2 is 2.14 bits per heavy atom. The Bertz CT molecular complexity index is 621. The molecule has 1 aliphatic rings. The van der Waals surface area contributed by atoms with Crippen molar-refractivity contribution in [3.63, 3.8) is 0 Å². The van der Waals surface area contributed by atoms with E-state index < -0.39 is 35.7 Å². The van der Waals surface area contributed by atoms with Crippen molar-refractivity contribution >= 4 is 23.5 Å². The van der Waals surface area contributed by atoms with E-state index in [9.17, 15) is 23.2 Å². The van der Waals surface area contributed by atoms with Crippen molar-refractivity contribution in [1.82, 2.24) is 5.32 Å². The van der Waals surface area contributed by atoms with E-state index in [4.69, 9.17) is 4.74 Å². The smallest absolute Gasteiger partial charge is 0.329 e. The fourth-order valence-electron chi connectivity index (χ4n) is 1.93. The molecule has 0 radical (unpaired) electrons. The van der Waals surface area contributed by atoms with Crippen molar-refractivity contribution in [1.29, 1.82) is 0 Å². The Morgan fingerprint density at radius 1 is 1.41 bits per heavy atom. The van der Waals surface area contributed by atoms with E-state index in [1.165, 1.54) is 6.92 Å². The Kier molecular flexibility index (Phi) is 4.69. The summed E-state index contributed by atoms with van der Waals surface area (Å²) < 4.78 is 31.1. The van der Waals surface area contributed by atoms with Crippen LogP contribution < -0.4 is 10.6 Å². The molecule has 1 aromatic rings. The lowest BCUT2D eigenvalue weighted by atomic mass is 10.2. The van der Waals surface area contributed by atoms with Crippen molar-refractivity contribution in [2.75, 3.05) is 5.32 Å². The maximum absolute atomic E-state index is 13.4. The van der Waals surface area contributed by atoms with Gasteiger partial charge in [0.2, 0.25) is 5.91 Å². The molecule has 0 unspecified atom stereocenters. The fraction of sp³-hybridized carbons (Fsp3) is 0.357. The molecule has 118 valence electrons. The van der Waals surface area contributed by atoms with Gasteiger partial charge in [-0.3, -0.25) is 9.59 Å². The van der Waals surface area contributed by atoms with Gasteiger partial charge in [0.25, 0.3) is 5.91 Å². The summed E-state index contributed by atoms with van der Waals surface area (Å²) in [5, 5.41) is 4.61. The summed E-state index contributed by atoms with van der Waals surface area (Å²) >= 11 is 0. The van der Waals surface area contributed by atoms with E-state index in [0.29, 0.717) is 12.5 Å². The predicted octanol–water partition coefficient (Wildman–Crippen LogP) is 1.11. The topological polar surface area (TPSA) is 84.5 Å². The summed E-state index contributed by atoms with van der Waals surface area (Å²) in [6.07, 6.45) is -0.658. The van der Waals surface area contributed by atoms with Gasteiger partial charge in [0.05, 0.1) is 5.69 Å². The lowest BCUT2D eigenvalue weighted by Crippen LogP contribution is -2.39. The van der Waals surface area contributed by atoms with Crippen LogP contribution in [0.15, 0.2) is 18.2 Å². The zero-order valence-electron chi connectivity index (χ0n) is 11.7. The normalized spacial score (nSPS) is 18.5. The third-order valence-electron chi connectivity index (χ3n) is 3.13. The molecule has 2 rings (SSSR count). The number of hydrogen-bond acceptors (Lipinski definition) is 4. The van der Waals surface area contributed by atoms with Crippen LogP contribution in [0.1, 0.15) is 19.8 Å². The lowest BCUT2D eigenvalue weighted by molar-refractivity contribution is -0.155. The third kappa shape index (κ3) is 3.78. The van der Waals surface area contributed by atoms with Crippen LogP contribution in [0.3, 0.4) is 0 Å². The van der Waals surface area contributed by atoms with Gasteiger partial charge >= 0.3 is 5.97 Å². The zero-order chi connectivity index (χ0) is 16.3. The largest absolute Gasteiger partial charge is 0.451 e. The second-order valence-corrected chi connectivity index (χ2v) is 4.85. The molecule has 1 heterocycles. The van der Waals surface area contributed by atoms with Crippen LogP contribution in [0, 0.1) is 11.6 Å². The van der Waals surface area contributed by atoms with Crippen LogP contribution in [0.4, 0.5) is 14.5 Å². The summed E-state index contributed by atoms with van der Waals surface area (Å²) in [5.74, 6) is -3.45. The molecule has 2 atom stereocenters. The standard InChI is InChI=1S/C14H14F2N2O4/c1-7(22-14(21)11-4-5-12(19)17-11)13(20)18-10-3-2-8(15)6-9(10)16/h2-3,6-7,11H,4-5H2,1H3,(H,17,19)(H,18,20)/t7-,11-/m1/s1. The number of halogens is 2. The van der Waals surface area contributed by atoms with Crippen molar-refractivity contribution < 1.29 is 27.9 Å². The maximum atomic E-state index is 13.4. The number of anilines is 1. The van der Waals surface area contributed by atoms with Gasteiger partial charge in [-0.15, -0.1) is 0 Å². The van der Waals surface area contributed by atoms with Crippen molar-refractivity contribution in [2.24, 2.45) is 0 Å². The first kappa shape index (κ1) is 15.9. The Labute approximate surface area is 124 Å². The monoisotopic (exact) mass is 312 g/mol. The highest BCUT2D eigenvalue weighted by Gasteiger charge is 2.30. The van der Waals surface area contributed by atoms with Crippen LogP contribution in [-0.4, -0.2) is 29.9 Å². The second kappa shape index (κ2) is 6.50. The summed E-state index contributed by atoms with van der Waals surface area (Å²) in [6, 6.07) is 1.91. The van der Waals surface area contributed by atoms with Crippen LogP contribution in [0.25, 0.3) is 0 Å². The third-order valence-corrected chi connectivity index (χ3v) is 3.13. The van der Waals surface area contributed by atoms with Gasteiger partial charge in [-0.2, -0.15) is 0 Å². The highest BCUT2D eigenvalue weighted by atomic mass is 19.1. The number of amides is 2. The first-order valence-corrected chi connectivity index (χ1v) is 6.62. The summed E-state index contributed by atoms with van der Waals surface area (Å²) in [6.45, 7) is 1.31. The number of carbonyl (C=O) groups is 3. The van der Waals surface area contributed by atoms with Crippen molar-refractivity contribution in [2.45, 2.75) is 31.9 Å². The number of carbonyl (C=O) groups excluding carboxylic acids is 3. The van der Waals surface area contributed by atoms with E-state index in [1.54, 1.807) is 0 Å². The van der Waals surface area contributed by atoms with Crippen LogP contribution in [0.5, 0.6) is 0 Å². The molecule has 1 aliphatic heterocycles. The number of esters is 1. The van der Waals surface area contributed by atoms with E-state index in [1.807, 2.05) is 0 Å². The molecular weight excluding hydrogens is 298 g/mol. The number of benzene rings is 1. The van der Waals surface area contributed by atoms with E-state index in [0.717, 1.165) is 12.1 Å². The van der Waals surface area contributed by atoms with Gasteiger partial charge < -0.3 is 15.4 Å². The highest BCUT2D eigenvalue weighted by Crippen LogP contribution is 2.16. The second-order valence-electron chi connectivity index (χ2n) is 4.85. The average Bonchev–Trinajstić information content (AvgIpc) is 2.88. The Hall–Kier alpha value is -2.51. The minimum Gasteiger partial charge on any atom is -0.451 e. The van der Waals surface area contributed by atoms with Gasteiger partial charge in [-0.05, 0) is 25.5 Å². The highest BCUT2D eigenvalue weighted by molar-refractivity contribution is 5.96. The van der Waals surface area contributed by atoms with Crippen LogP contribution >= 0.6 is 0 Å². The van der Waals surface area contributed by atoms with Crippen molar-refractivity contribution in [3.8, 4) is 0 Å². The molecule has 1 saturated heterocycles. The summed E-state index contributed by atoms with van der Waals surface area (Å²) in [4.78, 5) is 34.6. The fourth-order valence-corrected chi connectivity index (χ4v) is 1.93. The number of hydrogen-bond donors (Lipinski definition) is 2. The van der Waals surface area contributed by atoms with Crippen molar-refractivity contribution in [3.05, 3.63) is 29.8 Å². The minimum atomic E-state index is -1.19. The molecule has 1 aromatic carbocycles. The SMILES string of the molecule is C[C@@H](OC(=O)[C@H]1CCC(=O)N1)C(=O)Nc1ccc(F)cc1F. The summed E-state index contributed by atoms with van der Waals surface area (Å²) in [5.41, 5.74) is -0.219. The van der Waals surface area contributed by atoms with Gasteiger partial charge in [0.1, 0.15) is 17.7 Å². The number of ether oxygens (including phenoxy) is 1. The van der Waals surface area contributed by atoms with Gasteiger partial charge in [0.15, 0.2) is 6.10 Å². The van der Waals surface area contributed by atoms with Gasteiger partial charge in [-0.25, -0.2) is 13.6 Å². The molecule has 0 aliphatic carbocycles. The van der Waals surface area contributed by atoms with Crippen LogP contribution in [0.2, 0.25) is 0 Å². The maximum Gasteiger partial charge on any atom is 0.329 e. The van der Waals surface area contributed by atoms with Gasteiger partial charge in [-0.1, -0.05) is 0 Å². The molecule has 6 nitrogen and oxygen atoms in total. The molecule has 0 bridgehead atoms. The molecule has 2 amide bonds. The average molecular weight is 312 g/mol. The predicted molar refractivity (Wildman–Crippen MR) is 71.7 cm³/mol. The molecule has 0 saturated carbocycles. The molecule has 1 fully saturated rings. The molecule has 0 spiro atoms. The first-order valence-electron chi connectivity index (χ1n) is 6.62. The van der Waals surface area contributed by atoms with E-state index >= 15 is 0 Å². The van der Waals surface area contributed by atoms with Gasteiger partial charge in [0, 0.05) is 12.5 Å². The molecular formula is C14H14F2N2O4. The molecule has 8 heteroatoms. The molecule has 22 heavy (non-hydrogen) atoms. The summed E-state index contributed by atoms with van der Waals surface area (Å²) in [7, 11) is 0. The Morgan fingerprint density at radius 3 is 2.73 bits per heavy atom. The first-order chi connectivity index (χ1) is 10.4. The molecule has 2 N–H and O–H groups in total. The molecule has 0 aromatic heterocycles. The van der Waals surface area contributed by atoms with E-state index in [2.05, 4.69) is 10.6 Å². The van der Waals surface area contributed by atoms with E-state index in [-0.39, 0.29) is 18.0 Å². The zero-order valence-corrected chi connectivity index (χ0v) is 11.7. The minimum absolute atomic E-state index is 0.219.